The summed E-state index contributed by atoms with van der Waals surface area (Å²) in [6.45, 7) is 3.26. The van der Waals surface area contributed by atoms with Crippen molar-refractivity contribution >= 4 is 11.8 Å². The number of nitrogens with one attached hydrogen (secondary N) is 2. The number of carbonyl (C=O) groups excluding carboxylic acids is 1. The van der Waals surface area contributed by atoms with Crippen LogP contribution in [0.15, 0.2) is 4.99 Å². The van der Waals surface area contributed by atoms with Gasteiger partial charge in [0.15, 0.2) is 0 Å². The summed E-state index contributed by atoms with van der Waals surface area (Å²) in [6.07, 6.45) is 4.50. The molecule has 0 radical (unpaired) electrons. The maximum absolute atomic E-state index is 11.0. The van der Waals surface area contributed by atoms with Crippen LogP contribution in [0.3, 0.4) is 0 Å². The Kier molecular flexibility index (Phi) is 5.77. The molecule has 15 heavy (non-hydrogen) atoms. The minimum atomic E-state index is -0.251. The molecule has 2 N–H and O–H groups in total. The van der Waals surface area contributed by atoms with Crippen molar-refractivity contribution in [2.75, 3.05) is 19.7 Å². The zero-order valence-corrected chi connectivity index (χ0v) is 9.21. The van der Waals surface area contributed by atoms with Crippen molar-refractivity contribution in [3.8, 4) is 0 Å². The Labute approximate surface area is 90.3 Å². The summed E-state index contributed by atoms with van der Waals surface area (Å²) >= 11 is 0. The van der Waals surface area contributed by atoms with Crippen LogP contribution in [0.1, 0.15) is 32.6 Å². The lowest BCUT2D eigenvalue weighted by Gasteiger charge is -2.09. The summed E-state index contributed by atoms with van der Waals surface area (Å²) in [4.78, 5) is 15.3. The van der Waals surface area contributed by atoms with Gasteiger partial charge in [0.1, 0.15) is 12.4 Å². The second-order valence-electron chi connectivity index (χ2n) is 3.42. The van der Waals surface area contributed by atoms with Crippen molar-refractivity contribution in [3.63, 3.8) is 0 Å². The normalized spacial score (nSPS) is 16.5. The van der Waals surface area contributed by atoms with E-state index in [0.29, 0.717) is 6.61 Å². The highest BCUT2D eigenvalue weighted by Gasteiger charge is 2.04. The van der Waals surface area contributed by atoms with Gasteiger partial charge in [0, 0.05) is 13.0 Å². The largest absolute Gasteiger partial charge is 0.465 e. The predicted molar refractivity (Wildman–Crippen MR) is 58.5 cm³/mol. The number of hydrazine groups is 1. The fourth-order valence-corrected chi connectivity index (χ4v) is 1.41. The predicted octanol–water partition coefficient (Wildman–Crippen LogP) is 0.616. The number of amidine groups is 1. The highest BCUT2D eigenvalue weighted by Crippen LogP contribution is 2.05. The first-order valence-corrected chi connectivity index (χ1v) is 5.50. The van der Waals surface area contributed by atoms with Crippen molar-refractivity contribution in [3.05, 3.63) is 0 Å². The molecule has 0 saturated heterocycles. The zero-order valence-electron chi connectivity index (χ0n) is 9.21. The fraction of sp³-hybridized carbons (Fsp3) is 0.800. The van der Waals surface area contributed by atoms with Gasteiger partial charge in [-0.15, -0.1) is 0 Å². The lowest BCUT2D eigenvalue weighted by molar-refractivity contribution is -0.142. The molecule has 5 heteroatoms. The maximum atomic E-state index is 11.0. The van der Waals surface area contributed by atoms with Gasteiger partial charge in [-0.1, -0.05) is 6.42 Å². The number of hydrogen-bond donors (Lipinski definition) is 2. The molecule has 0 unspecified atom stereocenters. The SMILES string of the molecule is CCOC(=O)CNNC1=NCCCCC1. The number of esters is 1. The molecule has 86 valence electrons. The second kappa shape index (κ2) is 7.23. The Morgan fingerprint density at radius 2 is 2.33 bits per heavy atom. The summed E-state index contributed by atoms with van der Waals surface area (Å²) in [5.74, 6) is 0.691. The molecule has 1 aliphatic heterocycles. The Morgan fingerprint density at radius 1 is 1.47 bits per heavy atom. The van der Waals surface area contributed by atoms with Crippen molar-refractivity contribution in [2.24, 2.45) is 4.99 Å². The molecule has 0 atom stereocenters. The van der Waals surface area contributed by atoms with E-state index in [2.05, 4.69) is 15.8 Å². The number of ether oxygens (including phenoxy) is 1. The topological polar surface area (TPSA) is 62.7 Å². The van der Waals surface area contributed by atoms with E-state index >= 15 is 0 Å². The van der Waals surface area contributed by atoms with Gasteiger partial charge < -0.3 is 10.2 Å². The summed E-state index contributed by atoms with van der Waals surface area (Å²) in [5, 5.41) is 0. The van der Waals surface area contributed by atoms with Crippen LogP contribution in [-0.4, -0.2) is 31.5 Å². The number of nitrogens with zero attached hydrogens (tertiary/aromatic N) is 1. The molecule has 1 aliphatic rings. The minimum absolute atomic E-state index is 0.173. The average molecular weight is 213 g/mol. The van der Waals surface area contributed by atoms with Gasteiger partial charge >= 0.3 is 5.97 Å². The van der Waals surface area contributed by atoms with E-state index in [4.69, 9.17) is 4.74 Å². The second-order valence-corrected chi connectivity index (χ2v) is 3.42. The fourth-order valence-electron chi connectivity index (χ4n) is 1.41. The Hall–Kier alpha value is -1.10. The van der Waals surface area contributed by atoms with E-state index in [-0.39, 0.29) is 12.5 Å². The molecule has 0 spiro atoms. The van der Waals surface area contributed by atoms with Crippen LogP contribution in [0.2, 0.25) is 0 Å². The van der Waals surface area contributed by atoms with E-state index in [1.807, 2.05) is 0 Å². The quantitative estimate of drug-likeness (QED) is 0.531. The molecular formula is C10H19N3O2. The third kappa shape index (κ3) is 5.37. The summed E-state index contributed by atoms with van der Waals surface area (Å²) in [7, 11) is 0. The monoisotopic (exact) mass is 213 g/mol. The van der Waals surface area contributed by atoms with Crippen LogP contribution < -0.4 is 10.9 Å². The molecule has 0 bridgehead atoms. The highest BCUT2D eigenvalue weighted by atomic mass is 16.5. The molecule has 0 fully saturated rings. The van der Waals surface area contributed by atoms with Crippen molar-refractivity contribution in [2.45, 2.75) is 32.6 Å². The van der Waals surface area contributed by atoms with Crippen molar-refractivity contribution in [1.29, 1.82) is 0 Å². The number of hydrogen-bond acceptors (Lipinski definition) is 5. The van der Waals surface area contributed by atoms with E-state index in [1.54, 1.807) is 6.92 Å². The van der Waals surface area contributed by atoms with E-state index < -0.39 is 0 Å². The maximum Gasteiger partial charge on any atom is 0.321 e. The molecular weight excluding hydrogens is 194 g/mol. The van der Waals surface area contributed by atoms with Gasteiger partial charge in [0.25, 0.3) is 0 Å². The van der Waals surface area contributed by atoms with Crippen molar-refractivity contribution in [1.82, 2.24) is 10.9 Å². The van der Waals surface area contributed by atoms with Gasteiger partial charge in [0.05, 0.1) is 6.61 Å². The summed E-state index contributed by atoms with van der Waals surface area (Å²) < 4.78 is 4.77. The van der Waals surface area contributed by atoms with Gasteiger partial charge in [-0.05, 0) is 19.8 Å². The number of carbonyl (C=O) groups is 1. The summed E-state index contributed by atoms with van der Waals surface area (Å²) in [5.41, 5.74) is 5.76. The first-order valence-electron chi connectivity index (χ1n) is 5.50. The van der Waals surface area contributed by atoms with Crippen molar-refractivity contribution < 1.29 is 9.53 Å². The average Bonchev–Trinajstić information content (AvgIpc) is 2.47. The molecule has 5 nitrogen and oxygen atoms in total. The smallest absolute Gasteiger partial charge is 0.321 e. The Morgan fingerprint density at radius 3 is 3.13 bits per heavy atom. The molecule has 1 rings (SSSR count). The van der Waals surface area contributed by atoms with Gasteiger partial charge in [-0.3, -0.25) is 9.79 Å². The molecule has 0 aromatic heterocycles. The molecule has 0 saturated carbocycles. The first kappa shape index (κ1) is 12.0. The zero-order chi connectivity index (χ0) is 10.9. The third-order valence-electron chi connectivity index (χ3n) is 2.15. The Bertz CT molecular complexity index is 229. The lowest BCUT2D eigenvalue weighted by atomic mass is 10.2. The van der Waals surface area contributed by atoms with Crippen LogP contribution in [0.4, 0.5) is 0 Å². The van der Waals surface area contributed by atoms with E-state index in [9.17, 15) is 4.79 Å². The number of rotatable bonds is 4. The van der Waals surface area contributed by atoms with Gasteiger partial charge in [0.2, 0.25) is 0 Å². The number of aliphatic imine (C=N–C) groups is 1. The minimum Gasteiger partial charge on any atom is -0.465 e. The Balaban J connectivity index is 2.13. The summed E-state index contributed by atoms with van der Waals surface area (Å²) in [6, 6.07) is 0. The van der Waals surface area contributed by atoms with E-state index in [0.717, 1.165) is 31.6 Å². The van der Waals surface area contributed by atoms with Crippen LogP contribution in [0.5, 0.6) is 0 Å². The van der Waals surface area contributed by atoms with E-state index in [1.165, 1.54) is 6.42 Å². The van der Waals surface area contributed by atoms with Crippen LogP contribution in [-0.2, 0) is 9.53 Å². The van der Waals surface area contributed by atoms with Crippen LogP contribution in [0, 0.1) is 0 Å². The lowest BCUT2D eigenvalue weighted by Crippen LogP contribution is -2.41. The molecule has 0 aromatic carbocycles. The molecule has 1 heterocycles. The van der Waals surface area contributed by atoms with Crippen LogP contribution >= 0.6 is 0 Å². The third-order valence-corrected chi connectivity index (χ3v) is 2.15. The first-order chi connectivity index (χ1) is 7.33. The van der Waals surface area contributed by atoms with Crippen LogP contribution in [0.25, 0.3) is 0 Å². The van der Waals surface area contributed by atoms with Gasteiger partial charge in [-0.2, -0.15) is 0 Å². The molecule has 0 aliphatic carbocycles. The standard InChI is InChI=1S/C10H19N3O2/c1-2-15-10(14)8-12-13-9-6-4-3-5-7-11-9/h12H,2-8H2,1H3,(H,11,13). The molecule has 0 amide bonds. The molecule has 0 aromatic rings. The highest BCUT2D eigenvalue weighted by molar-refractivity contribution is 5.82. The van der Waals surface area contributed by atoms with Gasteiger partial charge in [-0.25, -0.2) is 5.43 Å².